The van der Waals surface area contributed by atoms with Gasteiger partial charge >= 0.3 is 0 Å². The Morgan fingerprint density at radius 3 is 2.39 bits per heavy atom. The Morgan fingerprint density at radius 2 is 1.79 bits per heavy atom. The van der Waals surface area contributed by atoms with Crippen molar-refractivity contribution in [3.63, 3.8) is 0 Å². The fraction of sp³-hybridized carbons (Fsp3) is 0.261. The quantitative estimate of drug-likeness (QED) is 0.532. The molecule has 0 aliphatic rings. The molecule has 0 saturated carbocycles. The Bertz CT molecular complexity index is 937. The number of nitrogens with zero attached hydrogens (tertiary/aromatic N) is 2. The number of halogens is 1. The van der Waals surface area contributed by atoms with E-state index >= 15 is 0 Å². The minimum Gasteiger partial charge on any atom is -0.326 e. The van der Waals surface area contributed by atoms with Gasteiger partial charge in [0.15, 0.2) is 0 Å². The molecule has 2 aromatic heterocycles. The molecule has 1 N–H and O–H groups in total. The van der Waals surface area contributed by atoms with Crippen LogP contribution in [0.4, 0.5) is 5.69 Å². The third-order valence-electron chi connectivity index (χ3n) is 4.56. The molecular formula is C23H24ClN3O. The smallest absolute Gasteiger partial charge is 0.231 e. The molecule has 28 heavy (non-hydrogen) atoms. The number of pyridine rings is 2. The summed E-state index contributed by atoms with van der Waals surface area (Å²) in [6, 6.07) is 15.5. The lowest BCUT2D eigenvalue weighted by molar-refractivity contribution is -0.118. The van der Waals surface area contributed by atoms with Crippen molar-refractivity contribution in [2.45, 2.75) is 33.1 Å². The zero-order valence-electron chi connectivity index (χ0n) is 16.3. The molecule has 3 rings (SSSR count). The zero-order valence-corrected chi connectivity index (χ0v) is 17.1. The summed E-state index contributed by atoms with van der Waals surface area (Å²) in [6.07, 6.45) is 4.23. The number of aromatic nitrogens is 2. The third-order valence-corrected chi connectivity index (χ3v) is 4.78. The molecule has 2 heterocycles. The van der Waals surface area contributed by atoms with Crippen molar-refractivity contribution in [2.24, 2.45) is 5.92 Å². The van der Waals surface area contributed by atoms with Gasteiger partial charge in [0.05, 0.1) is 5.92 Å². The molecule has 0 aliphatic heterocycles. The van der Waals surface area contributed by atoms with Crippen molar-refractivity contribution in [3.8, 4) is 11.1 Å². The lowest BCUT2D eigenvalue weighted by Crippen LogP contribution is -2.22. The lowest BCUT2D eigenvalue weighted by Gasteiger charge is -2.19. The summed E-state index contributed by atoms with van der Waals surface area (Å²) >= 11 is 5.89. The van der Waals surface area contributed by atoms with E-state index in [1.807, 2.05) is 49.4 Å². The van der Waals surface area contributed by atoms with Gasteiger partial charge in [-0.25, -0.2) is 4.98 Å². The fourth-order valence-corrected chi connectivity index (χ4v) is 3.27. The molecular weight excluding hydrogens is 370 g/mol. The molecule has 1 amide bonds. The van der Waals surface area contributed by atoms with Gasteiger partial charge in [0.25, 0.3) is 0 Å². The molecule has 0 bridgehead atoms. The summed E-state index contributed by atoms with van der Waals surface area (Å²) in [6.45, 7) is 6.18. The Hall–Kier alpha value is -2.72. The highest BCUT2D eigenvalue weighted by Gasteiger charge is 2.22. The maximum atomic E-state index is 13.0. The molecule has 0 aliphatic carbocycles. The van der Waals surface area contributed by atoms with Gasteiger partial charge in [0, 0.05) is 23.8 Å². The van der Waals surface area contributed by atoms with Gasteiger partial charge in [-0.1, -0.05) is 43.6 Å². The van der Waals surface area contributed by atoms with E-state index in [0.717, 1.165) is 34.5 Å². The van der Waals surface area contributed by atoms with Crippen LogP contribution in [0.25, 0.3) is 11.1 Å². The average molecular weight is 394 g/mol. The second-order valence-corrected chi connectivity index (χ2v) is 7.74. The van der Waals surface area contributed by atoms with E-state index in [4.69, 9.17) is 11.6 Å². The first-order chi connectivity index (χ1) is 13.4. The second-order valence-electron chi connectivity index (χ2n) is 7.35. The van der Waals surface area contributed by atoms with Crippen LogP contribution in [0.3, 0.4) is 0 Å². The minimum absolute atomic E-state index is 0.0367. The van der Waals surface area contributed by atoms with Crippen LogP contribution in [0.15, 0.2) is 60.9 Å². The first-order valence-electron chi connectivity index (χ1n) is 9.38. The first kappa shape index (κ1) is 20.0. The molecule has 1 atom stereocenters. The van der Waals surface area contributed by atoms with E-state index in [1.165, 1.54) is 0 Å². The zero-order chi connectivity index (χ0) is 20.1. The van der Waals surface area contributed by atoms with Gasteiger partial charge in [-0.15, -0.1) is 0 Å². The van der Waals surface area contributed by atoms with Crippen molar-refractivity contribution in [1.82, 2.24) is 9.97 Å². The summed E-state index contributed by atoms with van der Waals surface area (Å²) in [5.74, 6) is 0.0707. The number of aryl methyl sites for hydroxylation is 1. The molecule has 1 aromatic carbocycles. The number of amides is 1. The van der Waals surface area contributed by atoms with Crippen LogP contribution in [0, 0.1) is 12.8 Å². The predicted molar refractivity (Wildman–Crippen MR) is 114 cm³/mol. The van der Waals surface area contributed by atoms with Crippen LogP contribution in [0.5, 0.6) is 0 Å². The van der Waals surface area contributed by atoms with E-state index < -0.39 is 0 Å². The summed E-state index contributed by atoms with van der Waals surface area (Å²) in [7, 11) is 0. The molecule has 4 nitrogen and oxygen atoms in total. The van der Waals surface area contributed by atoms with E-state index in [0.29, 0.717) is 11.1 Å². The van der Waals surface area contributed by atoms with Crippen molar-refractivity contribution in [1.29, 1.82) is 0 Å². The van der Waals surface area contributed by atoms with Crippen molar-refractivity contribution >= 4 is 23.2 Å². The van der Waals surface area contributed by atoms with Crippen LogP contribution in [-0.2, 0) is 4.79 Å². The van der Waals surface area contributed by atoms with Crippen LogP contribution >= 0.6 is 11.6 Å². The molecule has 0 radical (unpaired) electrons. The van der Waals surface area contributed by atoms with Gasteiger partial charge in [-0.2, -0.15) is 0 Å². The number of carbonyl (C=O) groups excluding carboxylic acids is 1. The Balaban J connectivity index is 1.76. The standard InChI is InChI=1S/C23H24ClN3O/c1-15(2)12-21(19-6-9-22(24)26-14-19)23(28)27-20-7-4-17(5-8-20)18-10-11-25-16(3)13-18/h4-11,13-15,21H,12H2,1-3H3,(H,27,28). The number of hydrogen-bond acceptors (Lipinski definition) is 3. The molecule has 0 saturated heterocycles. The van der Waals surface area contributed by atoms with Gasteiger partial charge < -0.3 is 5.32 Å². The molecule has 5 heteroatoms. The van der Waals surface area contributed by atoms with Crippen LogP contribution < -0.4 is 5.32 Å². The number of nitrogens with one attached hydrogen (secondary N) is 1. The first-order valence-corrected chi connectivity index (χ1v) is 9.75. The lowest BCUT2D eigenvalue weighted by atomic mass is 9.90. The molecule has 0 spiro atoms. The molecule has 1 unspecified atom stereocenters. The summed E-state index contributed by atoms with van der Waals surface area (Å²) in [5.41, 5.74) is 4.82. The van der Waals surface area contributed by atoms with Crippen molar-refractivity contribution in [2.75, 3.05) is 5.32 Å². The number of benzene rings is 1. The Morgan fingerprint density at radius 1 is 1.04 bits per heavy atom. The van der Waals surface area contributed by atoms with Crippen LogP contribution in [0.2, 0.25) is 5.15 Å². The van der Waals surface area contributed by atoms with Crippen LogP contribution in [-0.4, -0.2) is 15.9 Å². The van der Waals surface area contributed by atoms with E-state index in [2.05, 4.69) is 29.1 Å². The largest absolute Gasteiger partial charge is 0.326 e. The topological polar surface area (TPSA) is 54.9 Å². The number of anilines is 1. The van der Waals surface area contributed by atoms with Gasteiger partial charge in [-0.05, 0) is 66.3 Å². The maximum Gasteiger partial charge on any atom is 0.231 e. The van der Waals surface area contributed by atoms with Crippen molar-refractivity contribution in [3.05, 3.63) is 77.3 Å². The van der Waals surface area contributed by atoms with Gasteiger partial charge in [0.1, 0.15) is 5.15 Å². The highest BCUT2D eigenvalue weighted by atomic mass is 35.5. The number of hydrogen-bond donors (Lipinski definition) is 1. The highest BCUT2D eigenvalue weighted by molar-refractivity contribution is 6.29. The van der Waals surface area contributed by atoms with Crippen LogP contribution in [0.1, 0.15) is 37.4 Å². The summed E-state index contributed by atoms with van der Waals surface area (Å²) < 4.78 is 0. The van der Waals surface area contributed by atoms with Crippen molar-refractivity contribution < 1.29 is 4.79 Å². The number of rotatable bonds is 6. The normalized spacial score (nSPS) is 12.0. The summed E-state index contributed by atoms with van der Waals surface area (Å²) in [5, 5.41) is 3.46. The third kappa shape index (κ3) is 5.17. The van der Waals surface area contributed by atoms with E-state index in [1.54, 1.807) is 18.5 Å². The van der Waals surface area contributed by atoms with E-state index in [9.17, 15) is 4.79 Å². The maximum absolute atomic E-state index is 13.0. The molecule has 0 fully saturated rings. The Labute approximate surface area is 171 Å². The monoisotopic (exact) mass is 393 g/mol. The van der Waals surface area contributed by atoms with Gasteiger partial charge in [0.2, 0.25) is 5.91 Å². The minimum atomic E-state index is -0.271. The summed E-state index contributed by atoms with van der Waals surface area (Å²) in [4.78, 5) is 21.3. The Kier molecular flexibility index (Phi) is 6.42. The molecule has 144 valence electrons. The number of carbonyl (C=O) groups is 1. The predicted octanol–water partition coefficient (Wildman–Crippen LogP) is 5.87. The SMILES string of the molecule is Cc1cc(-c2ccc(NC(=O)C(CC(C)C)c3ccc(Cl)nc3)cc2)ccn1. The highest BCUT2D eigenvalue weighted by Crippen LogP contribution is 2.27. The average Bonchev–Trinajstić information content (AvgIpc) is 2.67. The van der Waals surface area contributed by atoms with E-state index in [-0.39, 0.29) is 11.8 Å². The fourth-order valence-electron chi connectivity index (χ4n) is 3.16. The van der Waals surface area contributed by atoms with Gasteiger partial charge in [-0.3, -0.25) is 9.78 Å². The molecule has 3 aromatic rings. The second kappa shape index (κ2) is 8.98.